The molecule has 3 N–H and O–H groups in total. The van der Waals surface area contributed by atoms with Crippen molar-refractivity contribution in [2.45, 2.75) is 86.7 Å². The summed E-state index contributed by atoms with van der Waals surface area (Å²) in [7, 11) is 0. The van der Waals surface area contributed by atoms with E-state index in [9.17, 15) is 19.5 Å². The number of amides is 2. The lowest BCUT2D eigenvalue weighted by Gasteiger charge is -2.17. The fourth-order valence-electron chi connectivity index (χ4n) is 2.57. The topological polar surface area (TPSA) is 95.5 Å². The van der Waals surface area contributed by atoms with Gasteiger partial charge in [0, 0.05) is 18.4 Å². The van der Waals surface area contributed by atoms with Crippen LogP contribution in [0.2, 0.25) is 0 Å². The van der Waals surface area contributed by atoms with Crippen LogP contribution in [0.1, 0.15) is 74.7 Å². The minimum atomic E-state index is -1.08. The van der Waals surface area contributed by atoms with Gasteiger partial charge in [-0.3, -0.25) is 9.59 Å². The van der Waals surface area contributed by atoms with E-state index in [2.05, 4.69) is 56.6 Å². The van der Waals surface area contributed by atoms with Crippen LogP contribution in [0.5, 0.6) is 0 Å². The average molecular weight is 455 g/mol. The molecule has 0 aromatic rings. The molecule has 1 unspecified atom stereocenters. The van der Waals surface area contributed by atoms with Crippen LogP contribution in [-0.4, -0.2) is 46.5 Å². The van der Waals surface area contributed by atoms with Crippen LogP contribution in [0.3, 0.4) is 0 Å². The van der Waals surface area contributed by atoms with Crippen molar-refractivity contribution < 1.29 is 19.5 Å². The van der Waals surface area contributed by atoms with E-state index >= 15 is 0 Å². The molecule has 0 spiro atoms. The van der Waals surface area contributed by atoms with Gasteiger partial charge in [0.05, 0.1) is 0 Å². The number of hydrogen-bond acceptors (Lipinski definition) is 4. The third-order valence-electron chi connectivity index (χ3n) is 4.38. The van der Waals surface area contributed by atoms with Crippen LogP contribution in [-0.2, 0) is 14.4 Å². The predicted octanol–water partition coefficient (Wildman–Crippen LogP) is 4.87. The quantitative estimate of drug-likeness (QED) is 0.257. The van der Waals surface area contributed by atoms with Crippen molar-refractivity contribution in [1.29, 1.82) is 0 Å². The lowest BCUT2D eigenvalue weighted by Crippen LogP contribution is -2.50. The molecule has 6 nitrogen and oxygen atoms in total. The highest BCUT2D eigenvalue weighted by atomic mass is 32.2. The summed E-state index contributed by atoms with van der Waals surface area (Å²) < 4.78 is 0. The van der Waals surface area contributed by atoms with Gasteiger partial charge in [0.2, 0.25) is 11.8 Å². The Hall–Kier alpha value is -2.02. The van der Waals surface area contributed by atoms with E-state index in [4.69, 9.17) is 0 Å². The molecule has 0 fully saturated rings. The van der Waals surface area contributed by atoms with Gasteiger partial charge in [-0.2, -0.15) is 11.8 Å². The Balaban J connectivity index is 0. The third kappa shape index (κ3) is 17.4. The van der Waals surface area contributed by atoms with Gasteiger partial charge in [0.15, 0.2) is 0 Å². The molecule has 31 heavy (non-hydrogen) atoms. The van der Waals surface area contributed by atoms with Crippen LogP contribution in [0.4, 0.5) is 0 Å². The van der Waals surface area contributed by atoms with Gasteiger partial charge < -0.3 is 15.7 Å². The number of hydrogen-bond donors (Lipinski definition) is 3. The van der Waals surface area contributed by atoms with E-state index in [1.165, 1.54) is 42.3 Å². The molecule has 0 bridgehead atoms. The highest BCUT2D eigenvalue weighted by Gasteiger charge is 2.23. The van der Waals surface area contributed by atoms with Crippen molar-refractivity contribution >= 4 is 29.5 Å². The van der Waals surface area contributed by atoms with Gasteiger partial charge >= 0.3 is 5.97 Å². The van der Waals surface area contributed by atoms with Gasteiger partial charge in [0.25, 0.3) is 0 Å². The highest BCUT2D eigenvalue weighted by molar-refractivity contribution is 7.99. The van der Waals surface area contributed by atoms with Crippen molar-refractivity contribution in [3.63, 3.8) is 0 Å². The molecular weight excluding hydrogens is 412 g/mol. The fraction of sp³-hybridized carbons (Fsp3) is 0.625. The molecule has 0 aromatic heterocycles. The molecule has 2 atom stereocenters. The van der Waals surface area contributed by atoms with E-state index in [0.717, 1.165) is 25.7 Å². The first-order valence-corrected chi connectivity index (χ1v) is 11.5. The Morgan fingerprint density at radius 3 is 1.97 bits per heavy atom. The minimum Gasteiger partial charge on any atom is -0.480 e. The normalized spacial score (nSPS) is 13.5. The number of allylic oxidation sites excluding steroid dienone is 5. The Kier molecular flexibility index (Phi) is 17.7. The Labute approximate surface area is 193 Å². The zero-order chi connectivity index (χ0) is 23.1. The summed E-state index contributed by atoms with van der Waals surface area (Å²) in [5, 5.41) is 14.2. The molecule has 0 saturated heterocycles. The second-order valence-electron chi connectivity index (χ2n) is 7.82. The van der Waals surface area contributed by atoms with Gasteiger partial charge in [-0.05, 0) is 60.3 Å². The van der Waals surface area contributed by atoms with Crippen LogP contribution >= 0.6 is 11.8 Å². The molecule has 0 aliphatic carbocycles. The number of carbonyl (C=O) groups excluding carboxylic acids is 2. The Morgan fingerprint density at radius 2 is 1.45 bits per heavy atom. The number of carboxylic acids is 1. The molecule has 0 aromatic carbocycles. The van der Waals surface area contributed by atoms with E-state index in [0.29, 0.717) is 5.75 Å². The minimum absolute atomic E-state index is 0. The smallest absolute Gasteiger partial charge is 0.327 e. The molecule has 7 heteroatoms. The maximum absolute atomic E-state index is 12.0. The lowest BCUT2D eigenvalue weighted by molar-refractivity contribution is -0.141. The summed E-state index contributed by atoms with van der Waals surface area (Å²) >= 11 is 1.46. The average Bonchev–Trinajstić information content (AvgIpc) is 2.62. The van der Waals surface area contributed by atoms with Crippen LogP contribution in [0, 0.1) is 0 Å². The zero-order valence-electron chi connectivity index (χ0n) is 19.2. The monoisotopic (exact) mass is 454 g/mol. The van der Waals surface area contributed by atoms with Gasteiger partial charge in [-0.15, -0.1) is 0 Å². The van der Waals surface area contributed by atoms with Crippen LogP contribution < -0.4 is 10.6 Å². The molecule has 0 aliphatic rings. The third-order valence-corrected chi connectivity index (χ3v) is 5.36. The first kappa shape index (κ1) is 31.2. The maximum Gasteiger partial charge on any atom is 0.327 e. The molecule has 0 rings (SSSR count). The lowest BCUT2D eigenvalue weighted by atomic mass is 10.1. The Bertz CT molecular complexity index is 664. The number of nitrogens with one attached hydrogen (secondary N) is 2. The second-order valence-corrected chi connectivity index (χ2v) is 8.89. The van der Waals surface area contributed by atoms with Gasteiger partial charge in [-0.1, -0.05) is 42.4 Å². The van der Waals surface area contributed by atoms with Crippen LogP contribution in [0.15, 0.2) is 34.9 Å². The van der Waals surface area contributed by atoms with E-state index in [1.807, 2.05) is 0 Å². The standard InChI is InChI=1S/C23H38N2O4S.CH4/c1-16(2)9-7-10-17(3)11-8-12-18(4)13-14-30-15-21(23(28)29)25-22(27)19(5)24-20(6)26;/h9,11,13,19,21H,7-8,10,12,14-15H2,1-6H3,(H,24,26)(H,25,27)(H,28,29);1H4/b17-11+,18-13+;/t19?,21-;/m0./s1. The summed E-state index contributed by atoms with van der Waals surface area (Å²) in [5.41, 5.74) is 4.03. The highest BCUT2D eigenvalue weighted by Crippen LogP contribution is 2.13. The van der Waals surface area contributed by atoms with Crippen molar-refractivity contribution in [3.8, 4) is 0 Å². The number of thioether (sulfide) groups is 1. The van der Waals surface area contributed by atoms with Crippen molar-refractivity contribution in [2.24, 2.45) is 0 Å². The predicted molar refractivity (Wildman–Crippen MR) is 132 cm³/mol. The molecule has 0 saturated carbocycles. The van der Waals surface area contributed by atoms with Gasteiger partial charge in [0.1, 0.15) is 12.1 Å². The number of rotatable bonds is 14. The zero-order valence-corrected chi connectivity index (χ0v) is 20.0. The largest absolute Gasteiger partial charge is 0.480 e. The van der Waals surface area contributed by atoms with E-state index in [1.54, 1.807) is 0 Å². The second kappa shape index (κ2) is 17.6. The van der Waals surface area contributed by atoms with Gasteiger partial charge in [-0.25, -0.2) is 4.79 Å². The van der Waals surface area contributed by atoms with Crippen LogP contribution in [0.25, 0.3) is 0 Å². The molecule has 178 valence electrons. The maximum atomic E-state index is 12.0. The molecular formula is C24H42N2O4S. The SMILES string of the molecule is C.CC(=O)NC(C)C(=O)N[C@@H](CSC/C=C(\C)CC/C=C(\C)CCC=C(C)C)C(=O)O. The van der Waals surface area contributed by atoms with Crippen molar-refractivity contribution in [1.82, 2.24) is 10.6 Å². The summed E-state index contributed by atoms with van der Waals surface area (Å²) in [6, 6.07) is -1.76. The van der Waals surface area contributed by atoms with Crippen molar-refractivity contribution in [3.05, 3.63) is 34.9 Å². The van der Waals surface area contributed by atoms with E-state index < -0.39 is 24.0 Å². The number of carboxylic acid groups (broad SMARTS) is 1. The fourth-order valence-corrected chi connectivity index (χ4v) is 3.57. The summed E-state index contributed by atoms with van der Waals surface area (Å²) in [6.07, 6.45) is 10.8. The summed E-state index contributed by atoms with van der Waals surface area (Å²) in [5.74, 6) is -0.966. The molecule has 0 aliphatic heterocycles. The molecule has 0 radical (unpaired) electrons. The molecule has 2 amide bonds. The van der Waals surface area contributed by atoms with Crippen molar-refractivity contribution in [2.75, 3.05) is 11.5 Å². The molecule has 0 heterocycles. The summed E-state index contributed by atoms with van der Waals surface area (Å²) in [6.45, 7) is 11.3. The first-order chi connectivity index (χ1) is 14.0. The number of aliphatic carboxylic acids is 1. The first-order valence-electron chi connectivity index (χ1n) is 10.4. The number of carbonyl (C=O) groups is 3. The summed E-state index contributed by atoms with van der Waals surface area (Å²) in [4.78, 5) is 34.4. The van der Waals surface area contributed by atoms with E-state index in [-0.39, 0.29) is 19.1 Å². The Morgan fingerprint density at radius 1 is 0.903 bits per heavy atom.